The van der Waals surface area contributed by atoms with Crippen LogP contribution < -0.4 is 4.90 Å². The Morgan fingerprint density at radius 2 is 2.27 bits per heavy atom. The zero-order valence-electron chi connectivity index (χ0n) is 12.1. The Labute approximate surface area is 132 Å². The summed E-state index contributed by atoms with van der Waals surface area (Å²) in [6.07, 6.45) is 2.74. The predicted molar refractivity (Wildman–Crippen MR) is 83.2 cm³/mol. The maximum Gasteiger partial charge on any atom is 0.225 e. The van der Waals surface area contributed by atoms with Gasteiger partial charge in [-0.15, -0.1) is 11.3 Å². The molecule has 2 N–H and O–H groups in total. The molecule has 3 heterocycles. The summed E-state index contributed by atoms with van der Waals surface area (Å²) < 4.78 is 0. The van der Waals surface area contributed by atoms with Crippen LogP contribution in [0.3, 0.4) is 0 Å². The summed E-state index contributed by atoms with van der Waals surface area (Å²) in [6, 6.07) is 3.42. The van der Waals surface area contributed by atoms with E-state index in [9.17, 15) is 15.0 Å². The molecular formula is C15H17N3O3S. The highest BCUT2D eigenvalue weighted by Gasteiger charge is 2.37. The van der Waals surface area contributed by atoms with Crippen LogP contribution in [0.15, 0.2) is 29.9 Å². The van der Waals surface area contributed by atoms with Crippen LogP contribution in [0.25, 0.3) is 0 Å². The van der Waals surface area contributed by atoms with Crippen LogP contribution in [0, 0.1) is 0 Å². The van der Waals surface area contributed by atoms with Crippen LogP contribution in [0.4, 0.5) is 5.82 Å². The number of rotatable bonds is 3. The number of piperidine rings is 1. The molecule has 1 aliphatic rings. The molecule has 0 spiro atoms. The second kappa shape index (κ2) is 5.75. The average molecular weight is 319 g/mol. The van der Waals surface area contributed by atoms with Gasteiger partial charge in [0.05, 0.1) is 17.3 Å². The van der Waals surface area contributed by atoms with Crippen molar-refractivity contribution in [1.82, 2.24) is 9.97 Å². The number of nitrogens with zero attached hydrogens (tertiary/aromatic N) is 3. The van der Waals surface area contributed by atoms with Gasteiger partial charge in [0.1, 0.15) is 5.82 Å². The molecule has 1 saturated heterocycles. The van der Waals surface area contributed by atoms with Gasteiger partial charge in [0.2, 0.25) is 5.78 Å². The number of anilines is 1. The van der Waals surface area contributed by atoms with Gasteiger partial charge in [-0.05, 0) is 25.5 Å². The van der Waals surface area contributed by atoms with Crippen molar-refractivity contribution in [2.45, 2.75) is 25.0 Å². The fraction of sp³-hybridized carbons (Fsp3) is 0.400. The number of thiazole rings is 1. The van der Waals surface area contributed by atoms with Gasteiger partial charge in [-0.3, -0.25) is 4.79 Å². The van der Waals surface area contributed by atoms with Crippen molar-refractivity contribution in [1.29, 1.82) is 0 Å². The van der Waals surface area contributed by atoms with Crippen LogP contribution in [0.5, 0.6) is 0 Å². The number of aliphatic hydroxyl groups excluding tert-OH is 1. The highest BCUT2D eigenvalue weighted by atomic mass is 32.1. The van der Waals surface area contributed by atoms with Gasteiger partial charge in [-0.2, -0.15) is 0 Å². The minimum atomic E-state index is -1.11. The Morgan fingerprint density at radius 3 is 2.95 bits per heavy atom. The minimum absolute atomic E-state index is 0.176. The Morgan fingerprint density at radius 1 is 1.45 bits per heavy atom. The normalized spacial score (nSPS) is 25.2. The van der Waals surface area contributed by atoms with E-state index in [2.05, 4.69) is 9.97 Å². The van der Waals surface area contributed by atoms with Gasteiger partial charge >= 0.3 is 0 Å². The average Bonchev–Trinajstić information content (AvgIpc) is 3.04. The van der Waals surface area contributed by atoms with Crippen molar-refractivity contribution in [3.63, 3.8) is 0 Å². The number of carbonyl (C=O) groups is 1. The fourth-order valence-corrected chi connectivity index (χ4v) is 3.08. The van der Waals surface area contributed by atoms with E-state index < -0.39 is 11.7 Å². The Kier molecular flexibility index (Phi) is 3.94. The van der Waals surface area contributed by atoms with Crippen molar-refractivity contribution < 1.29 is 15.0 Å². The molecule has 1 fully saturated rings. The number of hydrogen-bond donors (Lipinski definition) is 2. The van der Waals surface area contributed by atoms with E-state index in [1.54, 1.807) is 36.8 Å². The maximum atomic E-state index is 12.5. The highest BCUT2D eigenvalue weighted by molar-refractivity contribution is 7.11. The Bertz CT molecular complexity index is 672. The quantitative estimate of drug-likeness (QED) is 0.824. The van der Waals surface area contributed by atoms with Crippen LogP contribution >= 0.6 is 11.3 Å². The van der Waals surface area contributed by atoms with E-state index in [4.69, 9.17) is 0 Å². The third kappa shape index (κ3) is 2.75. The molecule has 7 heteroatoms. The summed E-state index contributed by atoms with van der Waals surface area (Å²) in [6.45, 7) is 2.39. The summed E-state index contributed by atoms with van der Waals surface area (Å²) in [4.78, 5) is 22.7. The number of pyridine rings is 1. The molecule has 2 atom stereocenters. The topological polar surface area (TPSA) is 86.5 Å². The predicted octanol–water partition coefficient (Wildman–Crippen LogP) is 1.09. The second-order valence-corrected chi connectivity index (χ2v) is 6.50. The molecule has 1 aliphatic heterocycles. The highest BCUT2D eigenvalue weighted by Crippen LogP contribution is 2.28. The van der Waals surface area contributed by atoms with E-state index in [1.165, 1.54) is 11.3 Å². The molecule has 2 aromatic rings. The molecular weight excluding hydrogens is 302 g/mol. The number of ketones is 1. The first-order chi connectivity index (χ1) is 10.5. The van der Waals surface area contributed by atoms with Gasteiger partial charge in [0.15, 0.2) is 5.01 Å². The molecule has 3 rings (SSSR count). The molecule has 0 unspecified atom stereocenters. The summed E-state index contributed by atoms with van der Waals surface area (Å²) in [7, 11) is 0. The lowest BCUT2D eigenvalue weighted by atomic mass is 9.90. The fourth-order valence-electron chi connectivity index (χ4n) is 2.49. The van der Waals surface area contributed by atoms with E-state index in [0.717, 1.165) is 0 Å². The molecule has 0 bridgehead atoms. The number of hydrogen-bond acceptors (Lipinski definition) is 7. The van der Waals surface area contributed by atoms with E-state index in [-0.39, 0.29) is 12.3 Å². The summed E-state index contributed by atoms with van der Waals surface area (Å²) in [5.41, 5.74) is -0.642. The van der Waals surface area contributed by atoms with E-state index >= 15 is 0 Å². The summed E-state index contributed by atoms with van der Waals surface area (Å²) in [5.74, 6) is 0.349. The van der Waals surface area contributed by atoms with E-state index in [1.807, 2.05) is 4.90 Å². The van der Waals surface area contributed by atoms with Crippen molar-refractivity contribution in [2.75, 3.05) is 18.0 Å². The van der Waals surface area contributed by atoms with Crippen LogP contribution in [0.2, 0.25) is 0 Å². The third-order valence-electron chi connectivity index (χ3n) is 3.96. The van der Waals surface area contributed by atoms with E-state index in [0.29, 0.717) is 29.4 Å². The zero-order chi connectivity index (χ0) is 15.7. The minimum Gasteiger partial charge on any atom is -0.388 e. The zero-order valence-corrected chi connectivity index (χ0v) is 13.0. The second-order valence-electron chi connectivity index (χ2n) is 5.61. The number of aliphatic hydroxyl groups is 2. The first-order valence-corrected chi connectivity index (χ1v) is 7.91. The molecule has 116 valence electrons. The first kappa shape index (κ1) is 15.1. The van der Waals surface area contributed by atoms with Crippen LogP contribution in [-0.2, 0) is 0 Å². The first-order valence-electron chi connectivity index (χ1n) is 7.03. The van der Waals surface area contributed by atoms with Gasteiger partial charge in [0, 0.05) is 30.9 Å². The Hall–Kier alpha value is -1.83. The van der Waals surface area contributed by atoms with Crippen LogP contribution in [0.1, 0.15) is 28.7 Å². The lowest BCUT2D eigenvalue weighted by molar-refractivity contribution is -0.0722. The SMILES string of the molecule is C[C@@]1(O)CCN(c2ncccc2C(=O)c2nccs2)C[C@@H]1O. The largest absolute Gasteiger partial charge is 0.388 e. The maximum absolute atomic E-state index is 12.5. The van der Waals surface area contributed by atoms with Crippen molar-refractivity contribution in [3.05, 3.63) is 40.5 Å². The number of aromatic nitrogens is 2. The number of β-amino-alcohol motifs (C(OH)–C–C–N with tert-alkyl or cyclic N) is 1. The van der Waals surface area contributed by atoms with Crippen molar-refractivity contribution in [3.8, 4) is 0 Å². The standard InChI is InChI=1S/C15H17N3O3S/c1-15(21)4-7-18(9-11(15)19)13-10(3-2-5-16-13)12(20)14-17-6-8-22-14/h2-3,5-6,8,11,19,21H,4,7,9H2,1H3/t11-,15+/m0/s1. The molecule has 6 nitrogen and oxygen atoms in total. The third-order valence-corrected chi connectivity index (χ3v) is 4.73. The summed E-state index contributed by atoms with van der Waals surface area (Å²) >= 11 is 1.29. The van der Waals surface area contributed by atoms with Gasteiger partial charge in [0.25, 0.3) is 0 Å². The van der Waals surface area contributed by atoms with Gasteiger partial charge in [-0.1, -0.05) is 0 Å². The van der Waals surface area contributed by atoms with Crippen molar-refractivity contribution >= 4 is 22.9 Å². The van der Waals surface area contributed by atoms with Crippen molar-refractivity contribution in [2.24, 2.45) is 0 Å². The number of carbonyl (C=O) groups excluding carboxylic acids is 1. The summed E-state index contributed by atoms with van der Waals surface area (Å²) in [5, 5.41) is 22.3. The molecule has 0 amide bonds. The molecule has 2 aromatic heterocycles. The molecule has 22 heavy (non-hydrogen) atoms. The monoisotopic (exact) mass is 319 g/mol. The lowest BCUT2D eigenvalue weighted by Crippen LogP contribution is -2.54. The Balaban J connectivity index is 1.91. The van der Waals surface area contributed by atoms with Crippen LogP contribution in [-0.4, -0.2) is 50.8 Å². The lowest BCUT2D eigenvalue weighted by Gasteiger charge is -2.40. The molecule has 0 aromatic carbocycles. The van der Waals surface area contributed by atoms with Gasteiger partial charge < -0.3 is 15.1 Å². The van der Waals surface area contributed by atoms with Gasteiger partial charge in [-0.25, -0.2) is 9.97 Å². The molecule has 0 saturated carbocycles. The molecule has 0 aliphatic carbocycles. The molecule has 0 radical (unpaired) electrons. The smallest absolute Gasteiger partial charge is 0.225 e.